The van der Waals surface area contributed by atoms with Crippen LogP contribution in [0, 0.1) is 0 Å². The van der Waals surface area contributed by atoms with Crippen molar-refractivity contribution in [1.29, 1.82) is 0 Å². The first kappa shape index (κ1) is 23.1. The number of hydrogen-bond donors (Lipinski definition) is 4. The van der Waals surface area contributed by atoms with Gasteiger partial charge in [0.2, 0.25) is 5.91 Å². The third kappa shape index (κ3) is 6.27. The summed E-state index contributed by atoms with van der Waals surface area (Å²) in [6.45, 7) is 1.70. The van der Waals surface area contributed by atoms with Gasteiger partial charge in [-0.15, -0.1) is 11.3 Å². The summed E-state index contributed by atoms with van der Waals surface area (Å²) in [4.78, 5) is 24.4. The fraction of sp³-hybridized carbons (Fsp3) is 0.0909. The van der Waals surface area contributed by atoms with E-state index in [1.54, 1.807) is 42.6 Å². The number of carbonyl (C=O) groups excluding carboxylic acids is 1. The number of anilines is 5. The van der Waals surface area contributed by atoms with E-state index in [2.05, 4.69) is 35.6 Å². The van der Waals surface area contributed by atoms with Crippen molar-refractivity contribution in [2.75, 3.05) is 15.4 Å². The molecule has 34 heavy (non-hydrogen) atoms. The number of amides is 1. The molecule has 4 aromatic rings. The van der Waals surface area contributed by atoms with Crippen molar-refractivity contribution < 1.29 is 13.2 Å². The molecule has 0 aliphatic carbocycles. The Labute approximate surface area is 200 Å². The van der Waals surface area contributed by atoms with E-state index < -0.39 is 10.0 Å². The molecule has 0 fully saturated rings. The highest BCUT2D eigenvalue weighted by atomic mass is 32.2. The number of thiophene rings is 1. The van der Waals surface area contributed by atoms with E-state index in [0.717, 1.165) is 21.9 Å². The van der Waals surface area contributed by atoms with Gasteiger partial charge in [-0.1, -0.05) is 6.07 Å². The van der Waals surface area contributed by atoms with Crippen LogP contribution in [0.3, 0.4) is 0 Å². The summed E-state index contributed by atoms with van der Waals surface area (Å²) in [5, 5.41) is 8.91. The molecule has 4 rings (SSSR count). The summed E-state index contributed by atoms with van der Waals surface area (Å²) in [5.41, 5.74) is 1.14. The van der Waals surface area contributed by atoms with Gasteiger partial charge in [-0.05, 0) is 48.5 Å². The summed E-state index contributed by atoms with van der Waals surface area (Å²) in [6, 6.07) is 17.2. The minimum Gasteiger partial charge on any atom is -0.351 e. The van der Waals surface area contributed by atoms with Crippen molar-refractivity contribution >= 4 is 56.1 Å². The van der Waals surface area contributed by atoms with Crippen molar-refractivity contribution in [3.05, 3.63) is 78.1 Å². The minimum absolute atomic E-state index is 0.170. The van der Waals surface area contributed by atoms with Crippen LogP contribution in [-0.4, -0.2) is 29.3 Å². The summed E-state index contributed by atoms with van der Waals surface area (Å²) in [7, 11) is -3.74. The van der Waals surface area contributed by atoms with Gasteiger partial charge in [0.05, 0.1) is 6.54 Å². The van der Waals surface area contributed by atoms with Crippen LogP contribution >= 0.6 is 11.3 Å². The zero-order valence-corrected chi connectivity index (χ0v) is 19.7. The average Bonchev–Trinajstić information content (AvgIpc) is 3.30. The number of pyridine rings is 1. The first-order valence-electron chi connectivity index (χ1n) is 10.1. The molecule has 0 unspecified atom stereocenters. The Hall–Kier alpha value is -4.03. The lowest BCUT2D eigenvalue weighted by atomic mass is 10.3. The number of aromatic nitrogens is 3. The number of nitrogens with zero attached hydrogens (tertiary/aromatic N) is 3. The van der Waals surface area contributed by atoms with Crippen LogP contribution < -0.4 is 20.7 Å². The van der Waals surface area contributed by atoms with Gasteiger partial charge in [-0.3, -0.25) is 9.52 Å². The van der Waals surface area contributed by atoms with Gasteiger partial charge < -0.3 is 16.0 Å². The first-order chi connectivity index (χ1) is 16.4. The normalized spacial score (nSPS) is 11.0. The van der Waals surface area contributed by atoms with E-state index in [0.29, 0.717) is 23.1 Å². The monoisotopic (exact) mass is 495 g/mol. The Morgan fingerprint density at radius 2 is 1.62 bits per heavy atom. The molecule has 0 spiro atoms. The average molecular weight is 496 g/mol. The second-order valence-electron chi connectivity index (χ2n) is 7.07. The summed E-state index contributed by atoms with van der Waals surface area (Å²) in [6.07, 6.45) is 3.11. The first-order valence-corrected chi connectivity index (χ1v) is 12.4. The third-order valence-corrected chi connectivity index (χ3v) is 7.37. The van der Waals surface area contributed by atoms with Crippen LogP contribution in [-0.2, 0) is 21.4 Å². The summed E-state index contributed by atoms with van der Waals surface area (Å²) >= 11 is 1.11. The lowest BCUT2D eigenvalue weighted by molar-refractivity contribution is -0.119. The Kier molecular flexibility index (Phi) is 6.99. The third-order valence-electron chi connectivity index (χ3n) is 4.41. The number of rotatable bonds is 9. The van der Waals surface area contributed by atoms with Crippen LogP contribution in [0.15, 0.2) is 77.4 Å². The summed E-state index contributed by atoms with van der Waals surface area (Å²) in [5.74, 6) is 1.63. The van der Waals surface area contributed by atoms with Crippen LogP contribution in [0.2, 0.25) is 0 Å². The minimum atomic E-state index is -3.74. The van der Waals surface area contributed by atoms with E-state index in [4.69, 9.17) is 0 Å². The molecule has 0 saturated carbocycles. The number of benzene rings is 1. The van der Waals surface area contributed by atoms with E-state index in [1.807, 2.05) is 18.2 Å². The van der Waals surface area contributed by atoms with Gasteiger partial charge in [-0.2, -0.15) is 0 Å². The molecule has 0 atom stereocenters. The van der Waals surface area contributed by atoms with Crippen molar-refractivity contribution in [1.82, 2.24) is 20.3 Å². The highest BCUT2D eigenvalue weighted by Gasteiger charge is 2.17. The van der Waals surface area contributed by atoms with Gasteiger partial charge in [0.15, 0.2) is 0 Å². The molecule has 0 radical (unpaired) electrons. The van der Waals surface area contributed by atoms with Crippen molar-refractivity contribution in [2.24, 2.45) is 0 Å². The van der Waals surface area contributed by atoms with Gasteiger partial charge in [0.25, 0.3) is 10.0 Å². The second-order valence-corrected chi connectivity index (χ2v) is 10.1. The molecule has 0 bridgehead atoms. The van der Waals surface area contributed by atoms with Gasteiger partial charge in [0.1, 0.15) is 28.0 Å². The quantitative estimate of drug-likeness (QED) is 0.275. The molecular formula is C22H21N7O3S2. The molecule has 3 heterocycles. The van der Waals surface area contributed by atoms with Crippen LogP contribution in [0.1, 0.15) is 11.8 Å². The SMILES string of the molecule is CC(=O)NCc1ccc(S(=O)(=O)Nc2ccc(Nc3cc(Nc4ccccn4)ncn3)cc2)s1. The molecule has 1 amide bonds. The molecule has 0 saturated heterocycles. The van der Waals surface area contributed by atoms with Gasteiger partial charge >= 0.3 is 0 Å². The van der Waals surface area contributed by atoms with Gasteiger partial charge in [-0.25, -0.2) is 23.4 Å². The molecule has 1 aromatic carbocycles. The van der Waals surface area contributed by atoms with Crippen LogP contribution in [0.25, 0.3) is 0 Å². The maximum Gasteiger partial charge on any atom is 0.271 e. The molecule has 174 valence electrons. The molecule has 12 heteroatoms. The molecular weight excluding hydrogens is 474 g/mol. The molecule has 4 N–H and O–H groups in total. The Morgan fingerprint density at radius 1 is 0.882 bits per heavy atom. The predicted molar refractivity (Wildman–Crippen MR) is 132 cm³/mol. The van der Waals surface area contributed by atoms with E-state index in [9.17, 15) is 13.2 Å². The molecule has 10 nitrogen and oxygen atoms in total. The number of sulfonamides is 1. The Bertz CT molecular complexity index is 1380. The van der Waals surface area contributed by atoms with Crippen LogP contribution in [0.4, 0.5) is 28.8 Å². The number of nitrogens with one attached hydrogen (secondary N) is 4. The van der Waals surface area contributed by atoms with E-state index >= 15 is 0 Å². The topological polar surface area (TPSA) is 138 Å². The Balaban J connectivity index is 1.39. The fourth-order valence-corrected chi connectivity index (χ4v) is 5.20. The van der Waals surface area contributed by atoms with Crippen molar-refractivity contribution in [3.63, 3.8) is 0 Å². The largest absolute Gasteiger partial charge is 0.351 e. The smallest absolute Gasteiger partial charge is 0.271 e. The highest BCUT2D eigenvalue weighted by Crippen LogP contribution is 2.25. The predicted octanol–water partition coefficient (Wildman–Crippen LogP) is 3.86. The lowest BCUT2D eigenvalue weighted by Gasteiger charge is -2.10. The van der Waals surface area contributed by atoms with E-state index in [1.165, 1.54) is 19.3 Å². The standard InChI is InChI=1S/C22H21N7O3S2/c1-15(30)24-13-18-9-10-22(33-18)34(31,32)29-17-7-5-16(6-8-17)27-20-12-21(26-14-25-20)28-19-4-2-3-11-23-19/h2-12,14,29H,13H2,1H3,(H,24,30)(H2,23,25,26,27,28). The van der Waals surface area contributed by atoms with Crippen LogP contribution in [0.5, 0.6) is 0 Å². The zero-order chi connectivity index (χ0) is 24.0. The van der Waals surface area contributed by atoms with Crippen molar-refractivity contribution in [2.45, 2.75) is 17.7 Å². The highest BCUT2D eigenvalue weighted by molar-refractivity contribution is 7.94. The molecule has 3 aromatic heterocycles. The fourth-order valence-electron chi connectivity index (χ4n) is 2.85. The molecule has 0 aliphatic rings. The number of carbonyl (C=O) groups is 1. The van der Waals surface area contributed by atoms with E-state index in [-0.39, 0.29) is 16.7 Å². The maximum absolute atomic E-state index is 12.7. The number of hydrogen-bond acceptors (Lipinski definition) is 9. The molecule has 0 aliphatic heterocycles. The summed E-state index contributed by atoms with van der Waals surface area (Å²) < 4.78 is 28.1. The van der Waals surface area contributed by atoms with Crippen molar-refractivity contribution in [3.8, 4) is 0 Å². The van der Waals surface area contributed by atoms with Gasteiger partial charge in [0, 0.05) is 35.4 Å². The second kappa shape index (κ2) is 10.3. The lowest BCUT2D eigenvalue weighted by Crippen LogP contribution is -2.18. The Morgan fingerprint density at radius 3 is 2.32 bits per heavy atom. The maximum atomic E-state index is 12.7. The zero-order valence-electron chi connectivity index (χ0n) is 18.0.